The van der Waals surface area contributed by atoms with E-state index in [-0.39, 0.29) is 5.75 Å². The van der Waals surface area contributed by atoms with Gasteiger partial charge in [0.2, 0.25) is 0 Å². The Balaban J connectivity index is 1.83. The lowest BCUT2D eigenvalue weighted by Crippen LogP contribution is -2.43. The van der Waals surface area contributed by atoms with E-state index in [1.54, 1.807) is 12.1 Å². The number of phenolic OH excluding ortho intramolecular Hbond substituents is 1. The van der Waals surface area contributed by atoms with E-state index in [9.17, 15) is 5.11 Å². The number of nitrogens with zero attached hydrogens (tertiary/aromatic N) is 1. The molecule has 2 heterocycles. The summed E-state index contributed by atoms with van der Waals surface area (Å²) in [4.78, 5) is 2.56. The first kappa shape index (κ1) is 11.8. The molecule has 0 bridgehead atoms. The van der Waals surface area contributed by atoms with Crippen LogP contribution in [-0.4, -0.2) is 29.2 Å². The molecule has 18 heavy (non-hydrogen) atoms. The molecule has 1 fully saturated rings. The number of hydrogen-bond donors (Lipinski definition) is 1. The van der Waals surface area contributed by atoms with Crippen molar-refractivity contribution in [2.45, 2.75) is 38.8 Å². The van der Waals surface area contributed by atoms with E-state index in [4.69, 9.17) is 4.74 Å². The second kappa shape index (κ2) is 4.47. The van der Waals surface area contributed by atoms with Gasteiger partial charge in [0.1, 0.15) is 18.1 Å². The van der Waals surface area contributed by atoms with E-state index in [1.807, 2.05) is 6.07 Å². The molecule has 0 amide bonds. The normalized spacial score (nSPS) is 32.0. The summed E-state index contributed by atoms with van der Waals surface area (Å²) < 4.78 is 5.72. The number of rotatable bonds is 1. The Morgan fingerprint density at radius 3 is 2.94 bits per heavy atom. The average molecular weight is 247 g/mol. The molecule has 0 aromatic heterocycles. The molecule has 1 saturated heterocycles. The minimum absolute atomic E-state index is 0.287. The van der Waals surface area contributed by atoms with Crippen LogP contribution in [0, 0.1) is 5.92 Å². The molecule has 0 aliphatic carbocycles. The Morgan fingerprint density at radius 1 is 1.33 bits per heavy atom. The van der Waals surface area contributed by atoms with Gasteiger partial charge in [-0.3, -0.25) is 4.90 Å². The molecule has 1 aromatic carbocycles. The molecule has 2 aliphatic heterocycles. The number of fused-ring (bicyclic) bond motifs is 1. The topological polar surface area (TPSA) is 32.7 Å². The summed E-state index contributed by atoms with van der Waals surface area (Å²) in [6, 6.07) is 6.47. The fraction of sp³-hybridized carbons (Fsp3) is 0.600. The van der Waals surface area contributed by atoms with Crippen molar-refractivity contribution in [1.29, 1.82) is 0 Å². The first-order valence-electron chi connectivity index (χ1n) is 6.86. The largest absolute Gasteiger partial charge is 0.508 e. The highest BCUT2D eigenvalue weighted by Gasteiger charge is 2.34. The van der Waals surface area contributed by atoms with Gasteiger partial charge < -0.3 is 9.84 Å². The summed E-state index contributed by atoms with van der Waals surface area (Å²) in [6.45, 7) is 6.52. The lowest BCUT2D eigenvalue weighted by Gasteiger charge is -2.39. The van der Waals surface area contributed by atoms with Crippen LogP contribution in [0.2, 0.25) is 0 Å². The van der Waals surface area contributed by atoms with Crippen LogP contribution in [0.15, 0.2) is 18.2 Å². The van der Waals surface area contributed by atoms with Crippen LogP contribution in [0.5, 0.6) is 11.5 Å². The van der Waals surface area contributed by atoms with Gasteiger partial charge in [-0.05, 0) is 44.4 Å². The summed E-state index contributed by atoms with van der Waals surface area (Å²) in [5, 5.41) is 9.49. The predicted octanol–water partition coefficient (Wildman–Crippen LogP) is 2.95. The summed E-state index contributed by atoms with van der Waals surface area (Å²) in [6.07, 6.45) is 2.54. The third kappa shape index (κ3) is 1.97. The molecule has 0 spiro atoms. The van der Waals surface area contributed by atoms with Gasteiger partial charge in [0, 0.05) is 17.7 Å². The quantitative estimate of drug-likeness (QED) is 0.828. The third-order valence-corrected chi connectivity index (χ3v) is 4.34. The van der Waals surface area contributed by atoms with Gasteiger partial charge in [-0.2, -0.15) is 0 Å². The maximum Gasteiger partial charge on any atom is 0.127 e. The second-order valence-electron chi connectivity index (χ2n) is 5.77. The number of ether oxygens (including phenoxy) is 1. The van der Waals surface area contributed by atoms with Gasteiger partial charge >= 0.3 is 0 Å². The Bertz CT molecular complexity index is 446. The van der Waals surface area contributed by atoms with Gasteiger partial charge in [0.15, 0.2) is 0 Å². The monoisotopic (exact) mass is 247 g/mol. The summed E-state index contributed by atoms with van der Waals surface area (Å²) >= 11 is 0. The maximum absolute atomic E-state index is 9.49. The Kier molecular flexibility index (Phi) is 2.94. The van der Waals surface area contributed by atoms with Crippen LogP contribution in [0.1, 0.15) is 38.3 Å². The first-order valence-corrected chi connectivity index (χ1v) is 6.86. The lowest BCUT2D eigenvalue weighted by molar-refractivity contribution is 0.0693. The van der Waals surface area contributed by atoms with Crippen molar-refractivity contribution in [3.8, 4) is 11.5 Å². The molecular formula is C15H21NO2. The highest BCUT2D eigenvalue weighted by atomic mass is 16.5. The van der Waals surface area contributed by atoms with Gasteiger partial charge in [0.25, 0.3) is 0 Å². The molecular weight excluding hydrogens is 226 g/mol. The van der Waals surface area contributed by atoms with Gasteiger partial charge in [0.05, 0.1) is 6.04 Å². The van der Waals surface area contributed by atoms with Gasteiger partial charge in [-0.25, -0.2) is 0 Å². The fourth-order valence-corrected chi connectivity index (χ4v) is 3.34. The van der Waals surface area contributed by atoms with Crippen LogP contribution in [-0.2, 0) is 0 Å². The van der Waals surface area contributed by atoms with Crippen molar-refractivity contribution < 1.29 is 9.84 Å². The zero-order valence-corrected chi connectivity index (χ0v) is 11.1. The third-order valence-electron chi connectivity index (χ3n) is 4.34. The summed E-state index contributed by atoms with van der Waals surface area (Å²) in [5.41, 5.74) is 1.23. The van der Waals surface area contributed by atoms with Crippen molar-refractivity contribution in [2.75, 3.05) is 13.2 Å². The molecule has 3 rings (SSSR count). The summed E-state index contributed by atoms with van der Waals surface area (Å²) in [7, 11) is 0. The predicted molar refractivity (Wildman–Crippen MR) is 70.9 cm³/mol. The molecule has 0 radical (unpaired) electrons. The average Bonchev–Trinajstić information content (AvgIpc) is 2.72. The standard InChI is InChI=1S/C15H21NO2/c1-10-5-6-16(11(2)7-10)14-9-18-15-8-12(17)3-4-13(14)15/h3-4,8,10-11,14,17H,5-7,9H2,1-2H3. The molecule has 1 aromatic rings. The molecule has 98 valence electrons. The van der Waals surface area contributed by atoms with Crippen molar-refractivity contribution in [2.24, 2.45) is 5.92 Å². The lowest BCUT2D eigenvalue weighted by atomic mass is 9.91. The van der Waals surface area contributed by atoms with Crippen LogP contribution < -0.4 is 4.74 Å². The van der Waals surface area contributed by atoms with E-state index in [0.29, 0.717) is 12.1 Å². The number of phenols is 1. The fourth-order valence-electron chi connectivity index (χ4n) is 3.34. The Morgan fingerprint density at radius 2 is 2.17 bits per heavy atom. The van der Waals surface area contributed by atoms with E-state index in [0.717, 1.165) is 24.8 Å². The van der Waals surface area contributed by atoms with E-state index < -0.39 is 0 Å². The van der Waals surface area contributed by atoms with Crippen LogP contribution in [0.3, 0.4) is 0 Å². The second-order valence-corrected chi connectivity index (χ2v) is 5.77. The van der Waals surface area contributed by atoms with Gasteiger partial charge in [-0.15, -0.1) is 0 Å². The minimum atomic E-state index is 0.287. The van der Waals surface area contributed by atoms with Crippen LogP contribution in [0.4, 0.5) is 0 Å². The van der Waals surface area contributed by atoms with E-state index in [2.05, 4.69) is 18.7 Å². The number of likely N-dealkylation sites (tertiary alicyclic amines) is 1. The van der Waals surface area contributed by atoms with Crippen molar-refractivity contribution in [3.05, 3.63) is 23.8 Å². The van der Waals surface area contributed by atoms with Crippen molar-refractivity contribution in [3.63, 3.8) is 0 Å². The maximum atomic E-state index is 9.49. The molecule has 2 aliphatic rings. The molecule has 3 unspecified atom stereocenters. The summed E-state index contributed by atoms with van der Waals surface area (Å²) in [5.74, 6) is 1.97. The Labute approximate surface area is 108 Å². The highest BCUT2D eigenvalue weighted by Crippen LogP contribution is 2.40. The Hall–Kier alpha value is -1.22. The van der Waals surface area contributed by atoms with E-state index >= 15 is 0 Å². The number of piperidine rings is 1. The highest BCUT2D eigenvalue weighted by molar-refractivity contribution is 5.44. The SMILES string of the molecule is CC1CCN(C2COc3cc(O)ccc32)C(C)C1. The molecule has 0 saturated carbocycles. The zero-order valence-electron chi connectivity index (χ0n) is 11.1. The van der Waals surface area contributed by atoms with Crippen LogP contribution in [0.25, 0.3) is 0 Å². The van der Waals surface area contributed by atoms with E-state index in [1.165, 1.54) is 18.4 Å². The molecule has 3 heteroatoms. The van der Waals surface area contributed by atoms with Gasteiger partial charge in [-0.1, -0.05) is 6.92 Å². The smallest absolute Gasteiger partial charge is 0.127 e. The minimum Gasteiger partial charge on any atom is -0.508 e. The van der Waals surface area contributed by atoms with Crippen molar-refractivity contribution >= 4 is 0 Å². The number of benzene rings is 1. The van der Waals surface area contributed by atoms with Crippen molar-refractivity contribution in [1.82, 2.24) is 4.90 Å². The molecule has 1 N–H and O–H groups in total. The first-order chi connectivity index (χ1) is 8.65. The van der Waals surface area contributed by atoms with Crippen LogP contribution >= 0.6 is 0 Å². The zero-order chi connectivity index (χ0) is 12.7. The molecule has 3 atom stereocenters. The molecule has 3 nitrogen and oxygen atoms in total. The number of aromatic hydroxyl groups is 1. The number of hydrogen-bond acceptors (Lipinski definition) is 3.